The number of aryl methyl sites for hydroxylation is 2. The highest BCUT2D eigenvalue weighted by Gasteiger charge is 2.23. The van der Waals surface area contributed by atoms with Crippen molar-refractivity contribution in [1.82, 2.24) is 4.98 Å². The topological polar surface area (TPSA) is 77.5 Å². The fourth-order valence-electron chi connectivity index (χ4n) is 3.38. The molecule has 1 atom stereocenters. The highest BCUT2D eigenvalue weighted by atomic mass is 32.1. The van der Waals surface area contributed by atoms with Crippen molar-refractivity contribution in [3.63, 3.8) is 0 Å². The van der Waals surface area contributed by atoms with Crippen molar-refractivity contribution in [2.45, 2.75) is 38.7 Å². The number of carbonyl (C=O) groups excluding carboxylic acids is 2. The van der Waals surface area contributed by atoms with E-state index in [2.05, 4.69) is 10.3 Å². The maximum absolute atomic E-state index is 12.5. The van der Waals surface area contributed by atoms with Gasteiger partial charge in [-0.2, -0.15) is 0 Å². The number of anilines is 1. The summed E-state index contributed by atoms with van der Waals surface area (Å²) in [7, 11) is 1.61. The Balaban J connectivity index is 1.38. The zero-order chi connectivity index (χ0) is 21.1. The zero-order valence-corrected chi connectivity index (χ0v) is 18.4. The van der Waals surface area contributed by atoms with Crippen LogP contribution in [0.2, 0.25) is 0 Å². The number of amides is 1. The molecule has 0 fully saturated rings. The van der Waals surface area contributed by atoms with E-state index in [1.54, 1.807) is 14.0 Å². The smallest absolute Gasteiger partial charge is 0.349 e. The molecule has 1 N–H and O–H groups in total. The first-order chi connectivity index (χ1) is 14.5. The van der Waals surface area contributed by atoms with E-state index >= 15 is 0 Å². The summed E-state index contributed by atoms with van der Waals surface area (Å²) >= 11 is 2.78. The molecule has 1 aliphatic carbocycles. The van der Waals surface area contributed by atoms with Gasteiger partial charge in [-0.25, -0.2) is 9.78 Å². The van der Waals surface area contributed by atoms with Crippen molar-refractivity contribution >= 4 is 39.7 Å². The maximum atomic E-state index is 12.5. The Morgan fingerprint density at radius 1 is 1.20 bits per heavy atom. The molecule has 4 rings (SSSR count). The lowest BCUT2D eigenvalue weighted by atomic mass is 9.99. The van der Waals surface area contributed by atoms with Crippen LogP contribution in [-0.2, 0) is 22.4 Å². The van der Waals surface area contributed by atoms with Crippen LogP contribution in [0.25, 0.3) is 11.3 Å². The van der Waals surface area contributed by atoms with Crippen LogP contribution in [0.5, 0.6) is 5.75 Å². The van der Waals surface area contributed by atoms with Crippen molar-refractivity contribution in [3.8, 4) is 17.0 Å². The number of thiophene rings is 1. The molecule has 8 heteroatoms. The fraction of sp³-hybridized carbons (Fsp3) is 0.318. The average Bonchev–Trinajstić information content (AvgIpc) is 3.40. The number of thiazole rings is 1. The molecule has 1 unspecified atom stereocenters. The molecular weight excluding hydrogens is 420 g/mol. The maximum Gasteiger partial charge on any atom is 0.349 e. The monoisotopic (exact) mass is 442 g/mol. The molecule has 3 aromatic rings. The molecule has 2 aromatic heterocycles. The number of para-hydroxylation sites is 1. The second kappa shape index (κ2) is 8.97. The second-order valence-corrected chi connectivity index (χ2v) is 9.04. The molecule has 1 amide bonds. The van der Waals surface area contributed by atoms with Crippen molar-refractivity contribution in [2.24, 2.45) is 0 Å². The summed E-state index contributed by atoms with van der Waals surface area (Å²) in [6.45, 7) is 1.56. The summed E-state index contributed by atoms with van der Waals surface area (Å²) in [5.74, 6) is -0.155. The number of benzene rings is 1. The molecule has 1 aromatic carbocycles. The fourth-order valence-corrected chi connectivity index (χ4v) is 5.23. The molecule has 0 saturated carbocycles. The van der Waals surface area contributed by atoms with E-state index < -0.39 is 18.0 Å². The van der Waals surface area contributed by atoms with Gasteiger partial charge in [0, 0.05) is 15.8 Å². The van der Waals surface area contributed by atoms with Crippen LogP contribution < -0.4 is 10.1 Å². The lowest BCUT2D eigenvalue weighted by Gasteiger charge is -2.11. The van der Waals surface area contributed by atoms with E-state index in [-0.39, 0.29) is 0 Å². The molecule has 156 valence electrons. The number of aromatic nitrogens is 1. The molecule has 0 radical (unpaired) electrons. The number of carbonyl (C=O) groups is 2. The lowest BCUT2D eigenvalue weighted by Crippen LogP contribution is -2.29. The Morgan fingerprint density at radius 2 is 2.00 bits per heavy atom. The van der Waals surface area contributed by atoms with Crippen molar-refractivity contribution in [2.75, 3.05) is 12.4 Å². The van der Waals surface area contributed by atoms with Gasteiger partial charge < -0.3 is 9.47 Å². The van der Waals surface area contributed by atoms with Crippen molar-refractivity contribution in [3.05, 3.63) is 51.0 Å². The Hall–Kier alpha value is -2.71. The van der Waals surface area contributed by atoms with Crippen molar-refractivity contribution in [1.29, 1.82) is 0 Å². The minimum Gasteiger partial charge on any atom is -0.496 e. The third-order valence-corrected chi connectivity index (χ3v) is 6.94. The predicted molar refractivity (Wildman–Crippen MR) is 119 cm³/mol. The predicted octanol–water partition coefficient (Wildman–Crippen LogP) is 4.94. The van der Waals surface area contributed by atoms with Gasteiger partial charge in [-0.3, -0.25) is 10.1 Å². The van der Waals surface area contributed by atoms with E-state index in [9.17, 15) is 9.59 Å². The van der Waals surface area contributed by atoms with E-state index in [4.69, 9.17) is 9.47 Å². The van der Waals surface area contributed by atoms with Gasteiger partial charge in [0.25, 0.3) is 5.91 Å². The molecule has 30 heavy (non-hydrogen) atoms. The Bertz CT molecular complexity index is 1050. The second-order valence-electron chi connectivity index (χ2n) is 7.04. The number of methoxy groups -OCH3 is 1. The number of fused-ring (bicyclic) bond motifs is 1. The van der Waals surface area contributed by atoms with E-state index in [0.717, 1.165) is 31.2 Å². The quantitative estimate of drug-likeness (QED) is 0.547. The average molecular weight is 443 g/mol. The zero-order valence-electron chi connectivity index (χ0n) is 16.8. The number of hydrogen-bond donors (Lipinski definition) is 1. The molecule has 1 aliphatic rings. The Kier molecular flexibility index (Phi) is 6.15. The summed E-state index contributed by atoms with van der Waals surface area (Å²) < 4.78 is 10.8. The van der Waals surface area contributed by atoms with Gasteiger partial charge in [0.1, 0.15) is 10.6 Å². The van der Waals surface area contributed by atoms with Crippen LogP contribution in [0.15, 0.2) is 35.7 Å². The minimum atomic E-state index is -0.921. The number of hydrogen-bond acceptors (Lipinski definition) is 7. The standard InChI is InChI=1S/C22H22N2O4S2/c1-13(28-21(26)19-11-14-7-3-6-10-18(14)30-19)20(25)24-22-23-16(12-29-22)15-8-4-5-9-17(15)27-2/h4-5,8-9,11-13H,3,6-7,10H2,1-2H3,(H,23,24,25). The van der Waals surface area contributed by atoms with Crippen LogP contribution >= 0.6 is 22.7 Å². The van der Waals surface area contributed by atoms with Gasteiger partial charge in [0.2, 0.25) is 0 Å². The largest absolute Gasteiger partial charge is 0.496 e. The van der Waals surface area contributed by atoms with Gasteiger partial charge >= 0.3 is 5.97 Å². The normalized spacial score (nSPS) is 13.9. The number of esters is 1. The van der Waals surface area contributed by atoms with Crippen LogP contribution in [-0.4, -0.2) is 30.1 Å². The summed E-state index contributed by atoms with van der Waals surface area (Å²) in [6.07, 6.45) is 3.42. The molecule has 0 bridgehead atoms. The first kappa shape index (κ1) is 20.6. The van der Waals surface area contributed by atoms with Crippen LogP contribution in [0.3, 0.4) is 0 Å². The third-order valence-electron chi connectivity index (χ3n) is 4.97. The Labute approximate surface area is 182 Å². The molecule has 2 heterocycles. The van der Waals surface area contributed by atoms with Gasteiger partial charge in [-0.05, 0) is 56.4 Å². The van der Waals surface area contributed by atoms with E-state index in [0.29, 0.717) is 21.5 Å². The highest BCUT2D eigenvalue weighted by molar-refractivity contribution is 7.14. The number of rotatable bonds is 6. The minimum absolute atomic E-state index is 0.411. The SMILES string of the molecule is COc1ccccc1-c1csc(NC(=O)C(C)OC(=O)c2cc3c(s2)CCCC3)n1. The number of nitrogens with one attached hydrogen (secondary N) is 1. The summed E-state index contributed by atoms with van der Waals surface area (Å²) in [5, 5.41) is 5.02. The molecule has 0 spiro atoms. The lowest BCUT2D eigenvalue weighted by molar-refractivity contribution is -0.123. The first-order valence-corrected chi connectivity index (χ1v) is 11.5. The Morgan fingerprint density at radius 3 is 2.80 bits per heavy atom. The molecule has 0 saturated heterocycles. The first-order valence-electron chi connectivity index (χ1n) is 9.77. The van der Waals surface area contributed by atoms with E-state index in [1.807, 2.05) is 35.7 Å². The number of ether oxygens (including phenoxy) is 2. The van der Waals surface area contributed by atoms with Gasteiger partial charge in [0.15, 0.2) is 11.2 Å². The molecule has 6 nitrogen and oxygen atoms in total. The highest BCUT2D eigenvalue weighted by Crippen LogP contribution is 2.32. The number of nitrogens with zero attached hydrogens (tertiary/aromatic N) is 1. The van der Waals surface area contributed by atoms with Gasteiger partial charge in [-0.15, -0.1) is 22.7 Å². The van der Waals surface area contributed by atoms with Gasteiger partial charge in [-0.1, -0.05) is 12.1 Å². The third kappa shape index (κ3) is 4.39. The van der Waals surface area contributed by atoms with Crippen LogP contribution in [0.1, 0.15) is 39.9 Å². The van der Waals surface area contributed by atoms with Gasteiger partial charge in [0.05, 0.1) is 12.8 Å². The molecular formula is C22H22N2O4S2. The van der Waals surface area contributed by atoms with Crippen LogP contribution in [0.4, 0.5) is 5.13 Å². The summed E-state index contributed by atoms with van der Waals surface area (Å²) in [6, 6.07) is 9.46. The van der Waals surface area contributed by atoms with E-state index in [1.165, 1.54) is 33.1 Å². The molecule has 0 aliphatic heterocycles. The summed E-state index contributed by atoms with van der Waals surface area (Å²) in [5.41, 5.74) is 2.79. The summed E-state index contributed by atoms with van der Waals surface area (Å²) in [4.78, 5) is 31.3. The van der Waals surface area contributed by atoms with Crippen molar-refractivity contribution < 1.29 is 19.1 Å². The van der Waals surface area contributed by atoms with Crippen LogP contribution in [0, 0.1) is 0 Å².